The maximum Gasteiger partial charge on any atom is 0.251 e. The number of hydrogen-bond acceptors (Lipinski definition) is 2. The predicted molar refractivity (Wildman–Crippen MR) is 138 cm³/mol. The van der Waals surface area contributed by atoms with E-state index in [0.717, 1.165) is 30.8 Å². The van der Waals surface area contributed by atoms with Crippen molar-refractivity contribution in [2.24, 2.45) is 0 Å². The first-order valence-electron chi connectivity index (χ1n) is 12.8. The zero-order valence-electron chi connectivity index (χ0n) is 20.6. The van der Waals surface area contributed by atoms with E-state index in [0.29, 0.717) is 5.92 Å². The molecule has 2 aromatic carbocycles. The van der Waals surface area contributed by atoms with E-state index < -0.39 is 0 Å². The lowest BCUT2D eigenvalue weighted by molar-refractivity contribution is 0.0953. The Hall–Kier alpha value is -2.29. The Balaban J connectivity index is 1.57. The van der Waals surface area contributed by atoms with Gasteiger partial charge in [-0.2, -0.15) is 0 Å². The Morgan fingerprint density at radius 2 is 1.31 bits per heavy atom. The van der Waals surface area contributed by atoms with Gasteiger partial charge in [0.2, 0.25) is 0 Å². The van der Waals surface area contributed by atoms with E-state index >= 15 is 0 Å². The second kappa shape index (κ2) is 15.5. The third kappa shape index (κ3) is 10.3. The number of anilines is 1. The van der Waals surface area contributed by atoms with Gasteiger partial charge in [0.15, 0.2) is 0 Å². The molecule has 3 heteroatoms. The number of carbonyl (C=O) groups excluding carboxylic acids is 1. The molecule has 0 unspecified atom stereocenters. The van der Waals surface area contributed by atoms with Gasteiger partial charge in [-0.1, -0.05) is 103 Å². The highest BCUT2D eigenvalue weighted by Gasteiger charge is 2.05. The third-order valence-corrected chi connectivity index (χ3v) is 6.11. The van der Waals surface area contributed by atoms with Crippen molar-refractivity contribution in [1.29, 1.82) is 0 Å². The molecule has 0 atom stereocenters. The Kier molecular flexibility index (Phi) is 12.6. The Morgan fingerprint density at radius 1 is 0.750 bits per heavy atom. The fourth-order valence-electron chi connectivity index (χ4n) is 3.88. The third-order valence-electron chi connectivity index (χ3n) is 6.11. The van der Waals surface area contributed by atoms with Crippen molar-refractivity contribution < 1.29 is 4.79 Å². The lowest BCUT2D eigenvalue weighted by atomic mass is 10.0. The van der Waals surface area contributed by atoms with Gasteiger partial charge in [0, 0.05) is 24.3 Å². The minimum atomic E-state index is 0.0321. The van der Waals surface area contributed by atoms with Gasteiger partial charge in [0.25, 0.3) is 5.91 Å². The van der Waals surface area contributed by atoms with Crippen LogP contribution in [-0.2, 0) is 6.54 Å². The topological polar surface area (TPSA) is 41.1 Å². The number of carbonyl (C=O) groups is 1. The standard InChI is InChI=1S/C29H44N2O/c1-4-5-6-7-8-9-10-11-12-13-22-30-29(32)27-16-14-25(15-17-27)23-31-28-20-18-26(19-21-28)24(2)3/h14-21,24,31H,4-13,22-23H2,1-3H3,(H,30,32). The molecule has 0 heterocycles. The molecule has 0 aliphatic carbocycles. The lowest BCUT2D eigenvalue weighted by Crippen LogP contribution is -2.24. The SMILES string of the molecule is CCCCCCCCCCCCNC(=O)c1ccc(CNc2ccc(C(C)C)cc2)cc1. The van der Waals surface area contributed by atoms with Crippen LogP contribution in [0.5, 0.6) is 0 Å². The average molecular weight is 437 g/mol. The number of benzene rings is 2. The maximum absolute atomic E-state index is 12.4. The van der Waals surface area contributed by atoms with E-state index in [2.05, 4.69) is 55.7 Å². The molecule has 0 saturated carbocycles. The summed E-state index contributed by atoms with van der Waals surface area (Å²) in [4.78, 5) is 12.4. The fraction of sp³-hybridized carbons (Fsp3) is 0.552. The van der Waals surface area contributed by atoms with E-state index in [1.54, 1.807) is 0 Å². The molecular weight excluding hydrogens is 392 g/mol. The van der Waals surface area contributed by atoms with Crippen molar-refractivity contribution in [2.45, 2.75) is 97.4 Å². The highest BCUT2D eigenvalue weighted by Crippen LogP contribution is 2.18. The van der Waals surface area contributed by atoms with E-state index in [9.17, 15) is 4.79 Å². The second-order valence-corrected chi connectivity index (χ2v) is 9.27. The Labute approximate surface area is 196 Å². The van der Waals surface area contributed by atoms with Gasteiger partial charge in [-0.15, -0.1) is 0 Å². The Morgan fingerprint density at radius 3 is 1.88 bits per heavy atom. The fourth-order valence-corrected chi connectivity index (χ4v) is 3.88. The summed E-state index contributed by atoms with van der Waals surface area (Å²) in [5, 5.41) is 6.51. The minimum Gasteiger partial charge on any atom is -0.381 e. The van der Waals surface area contributed by atoms with Crippen LogP contribution < -0.4 is 10.6 Å². The summed E-state index contributed by atoms with van der Waals surface area (Å²) >= 11 is 0. The van der Waals surface area contributed by atoms with Crippen molar-refractivity contribution in [3.63, 3.8) is 0 Å². The van der Waals surface area contributed by atoms with Gasteiger partial charge in [-0.05, 0) is 47.7 Å². The number of rotatable bonds is 16. The molecule has 2 aromatic rings. The first-order valence-corrected chi connectivity index (χ1v) is 12.8. The average Bonchev–Trinajstić information content (AvgIpc) is 2.81. The van der Waals surface area contributed by atoms with Crippen LogP contribution in [0.4, 0.5) is 5.69 Å². The normalized spacial score (nSPS) is 11.0. The summed E-state index contributed by atoms with van der Waals surface area (Å²) in [5.74, 6) is 0.581. The molecule has 0 fully saturated rings. The van der Waals surface area contributed by atoms with Gasteiger partial charge < -0.3 is 10.6 Å². The monoisotopic (exact) mass is 436 g/mol. The van der Waals surface area contributed by atoms with Crippen LogP contribution in [0.3, 0.4) is 0 Å². The van der Waals surface area contributed by atoms with Crippen molar-refractivity contribution in [3.05, 3.63) is 65.2 Å². The lowest BCUT2D eigenvalue weighted by Gasteiger charge is -2.10. The van der Waals surface area contributed by atoms with E-state index in [4.69, 9.17) is 0 Å². The molecule has 32 heavy (non-hydrogen) atoms. The smallest absolute Gasteiger partial charge is 0.251 e. The van der Waals surface area contributed by atoms with Gasteiger partial charge >= 0.3 is 0 Å². The molecule has 3 nitrogen and oxygen atoms in total. The number of unbranched alkanes of at least 4 members (excludes halogenated alkanes) is 9. The number of amides is 1. The van der Waals surface area contributed by atoms with Crippen molar-refractivity contribution in [2.75, 3.05) is 11.9 Å². The van der Waals surface area contributed by atoms with Crippen LogP contribution >= 0.6 is 0 Å². The number of nitrogens with one attached hydrogen (secondary N) is 2. The van der Waals surface area contributed by atoms with Crippen LogP contribution in [0.25, 0.3) is 0 Å². The number of hydrogen-bond donors (Lipinski definition) is 2. The van der Waals surface area contributed by atoms with Crippen molar-refractivity contribution >= 4 is 11.6 Å². The molecule has 0 saturated heterocycles. The molecule has 176 valence electrons. The first kappa shape index (κ1) is 26.0. The zero-order chi connectivity index (χ0) is 23.0. The van der Waals surface area contributed by atoms with Gasteiger partial charge in [0.1, 0.15) is 0 Å². The molecule has 0 aliphatic rings. The van der Waals surface area contributed by atoms with Crippen LogP contribution in [0.1, 0.15) is 112 Å². The summed E-state index contributed by atoms with van der Waals surface area (Å²) in [6.07, 6.45) is 13.1. The van der Waals surface area contributed by atoms with Crippen LogP contribution in [0.2, 0.25) is 0 Å². The molecule has 2 N–H and O–H groups in total. The quantitative estimate of drug-likeness (QED) is 0.261. The van der Waals surface area contributed by atoms with Crippen molar-refractivity contribution in [1.82, 2.24) is 5.32 Å². The predicted octanol–water partition coefficient (Wildman–Crippen LogP) is 8.07. The maximum atomic E-state index is 12.4. The van der Waals surface area contributed by atoms with E-state index in [1.165, 1.54) is 68.9 Å². The summed E-state index contributed by atoms with van der Waals surface area (Å²) in [5.41, 5.74) is 4.38. The molecule has 0 bridgehead atoms. The molecule has 0 aliphatic heterocycles. The van der Waals surface area contributed by atoms with Gasteiger partial charge in [-0.25, -0.2) is 0 Å². The first-order chi connectivity index (χ1) is 15.6. The summed E-state index contributed by atoms with van der Waals surface area (Å²) in [7, 11) is 0. The summed E-state index contributed by atoms with van der Waals surface area (Å²) in [6.45, 7) is 8.20. The van der Waals surface area contributed by atoms with Gasteiger partial charge in [0.05, 0.1) is 0 Å². The summed E-state index contributed by atoms with van der Waals surface area (Å²) in [6, 6.07) is 16.5. The molecule has 0 radical (unpaired) electrons. The van der Waals surface area contributed by atoms with Crippen molar-refractivity contribution in [3.8, 4) is 0 Å². The Bertz CT molecular complexity index is 750. The highest BCUT2D eigenvalue weighted by molar-refractivity contribution is 5.94. The zero-order valence-corrected chi connectivity index (χ0v) is 20.6. The van der Waals surface area contributed by atoms with Crippen LogP contribution in [0, 0.1) is 0 Å². The minimum absolute atomic E-state index is 0.0321. The molecular formula is C29H44N2O. The van der Waals surface area contributed by atoms with E-state index in [-0.39, 0.29) is 5.91 Å². The van der Waals surface area contributed by atoms with Gasteiger partial charge in [-0.3, -0.25) is 4.79 Å². The van der Waals surface area contributed by atoms with Crippen LogP contribution in [0.15, 0.2) is 48.5 Å². The largest absolute Gasteiger partial charge is 0.381 e. The molecule has 0 spiro atoms. The molecule has 1 amide bonds. The van der Waals surface area contributed by atoms with E-state index in [1.807, 2.05) is 24.3 Å². The molecule has 0 aromatic heterocycles. The van der Waals surface area contributed by atoms with Crippen LogP contribution in [-0.4, -0.2) is 12.5 Å². The molecule has 2 rings (SSSR count). The second-order valence-electron chi connectivity index (χ2n) is 9.27. The summed E-state index contributed by atoms with van der Waals surface area (Å²) < 4.78 is 0. The highest BCUT2D eigenvalue weighted by atomic mass is 16.1.